The van der Waals surface area contributed by atoms with Crippen molar-refractivity contribution in [3.8, 4) is 0 Å². The van der Waals surface area contributed by atoms with E-state index in [-0.39, 0.29) is 18.5 Å². The highest BCUT2D eigenvalue weighted by Gasteiger charge is 2.14. The fraction of sp³-hybridized carbons (Fsp3) is 0.722. The Morgan fingerprint density at radius 2 is 1.05 bits per heavy atom. The number of aliphatic carboxylic acids is 1. The fourth-order valence-corrected chi connectivity index (χ4v) is 4.64. The van der Waals surface area contributed by atoms with Crippen LogP contribution in [0.3, 0.4) is 0 Å². The normalized spacial score (nSPS) is 12.8. The van der Waals surface area contributed by atoms with Crippen molar-refractivity contribution in [1.29, 1.82) is 0 Å². The van der Waals surface area contributed by atoms with E-state index in [1.165, 1.54) is 44.9 Å². The van der Waals surface area contributed by atoms with E-state index in [4.69, 9.17) is 9.84 Å². The summed E-state index contributed by atoms with van der Waals surface area (Å²) in [5.74, 6) is -0.754. The molecule has 0 rings (SSSR count). The number of esters is 1. The van der Waals surface area contributed by atoms with Gasteiger partial charge in [0, 0.05) is 12.8 Å². The molecule has 0 amide bonds. The third kappa shape index (κ3) is 30.4. The molecule has 0 heterocycles. The van der Waals surface area contributed by atoms with Crippen LogP contribution >= 0.6 is 0 Å². The van der Waals surface area contributed by atoms with Gasteiger partial charge in [0.25, 0.3) is 0 Å². The highest BCUT2D eigenvalue weighted by atomic mass is 16.5. The molecule has 0 bridgehead atoms. The Bertz CT molecular complexity index is 689. The van der Waals surface area contributed by atoms with Crippen LogP contribution in [0.2, 0.25) is 0 Å². The number of carbonyl (C=O) groups is 2. The average Bonchev–Trinajstić information content (AvgIpc) is 2.93. The molecule has 0 saturated heterocycles. The Balaban J connectivity index is 3.81. The lowest BCUT2D eigenvalue weighted by molar-refractivity contribution is -0.150. The number of carboxylic acid groups (broad SMARTS) is 1. The number of hydrogen-bond donors (Lipinski definition) is 1. The van der Waals surface area contributed by atoms with Crippen molar-refractivity contribution in [2.45, 2.75) is 168 Å². The van der Waals surface area contributed by atoms with Gasteiger partial charge in [-0.15, -0.1) is 0 Å². The van der Waals surface area contributed by atoms with E-state index >= 15 is 0 Å². The van der Waals surface area contributed by atoms with E-state index in [1.54, 1.807) is 0 Å². The molecule has 0 aromatic rings. The maximum Gasteiger partial charge on any atom is 0.306 e. The summed E-state index contributed by atoms with van der Waals surface area (Å²) in [6, 6.07) is 0. The van der Waals surface area contributed by atoms with Crippen LogP contribution in [0.4, 0.5) is 0 Å². The van der Waals surface area contributed by atoms with E-state index in [9.17, 15) is 9.59 Å². The largest absolute Gasteiger partial charge is 0.481 e. The Kier molecular flexibility index (Phi) is 29.8. The van der Waals surface area contributed by atoms with E-state index < -0.39 is 5.97 Å². The second-order valence-electron chi connectivity index (χ2n) is 11.0. The van der Waals surface area contributed by atoms with Crippen molar-refractivity contribution in [3.63, 3.8) is 0 Å². The lowest BCUT2D eigenvalue weighted by Gasteiger charge is -2.18. The van der Waals surface area contributed by atoms with Crippen LogP contribution in [0, 0.1) is 0 Å². The first-order chi connectivity index (χ1) is 19.6. The molecular formula is C36H62O4. The molecule has 0 fully saturated rings. The summed E-state index contributed by atoms with van der Waals surface area (Å²) in [6.07, 6.45) is 41.4. The van der Waals surface area contributed by atoms with Crippen molar-refractivity contribution < 1.29 is 19.4 Å². The van der Waals surface area contributed by atoms with Gasteiger partial charge in [-0.05, 0) is 77.0 Å². The van der Waals surface area contributed by atoms with Crippen LogP contribution in [0.25, 0.3) is 0 Å². The van der Waals surface area contributed by atoms with E-state index in [0.717, 1.165) is 89.9 Å². The minimum Gasteiger partial charge on any atom is -0.481 e. The third-order valence-electron chi connectivity index (χ3n) is 7.07. The van der Waals surface area contributed by atoms with Crippen molar-refractivity contribution in [3.05, 3.63) is 48.6 Å². The molecule has 0 aromatic carbocycles. The number of unbranched alkanes of at least 4 members (excludes halogenated alkanes) is 12. The summed E-state index contributed by atoms with van der Waals surface area (Å²) in [4.78, 5) is 23.1. The van der Waals surface area contributed by atoms with Crippen molar-refractivity contribution in [2.75, 3.05) is 0 Å². The number of ether oxygens (including phenoxy) is 1. The van der Waals surface area contributed by atoms with Gasteiger partial charge in [-0.2, -0.15) is 0 Å². The van der Waals surface area contributed by atoms with Gasteiger partial charge in [0.2, 0.25) is 0 Å². The molecule has 4 heteroatoms. The topological polar surface area (TPSA) is 63.6 Å². The lowest BCUT2D eigenvalue weighted by atomic mass is 10.0. The van der Waals surface area contributed by atoms with Gasteiger partial charge in [0.1, 0.15) is 6.10 Å². The SMILES string of the molecule is CC/C=C\C/C=C\C/C=C\C/C=C\CCCCCCCCC(=O)OC(CCCCCC)CCCCCCC(=O)O. The summed E-state index contributed by atoms with van der Waals surface area (Å²) in [5.41, 5.74) is 0. The van der Waals surface area contributed by atoms with Crippen LogP contribution in [-0.4, -0.2) is 23.1 Å². The van der Waals surface area contributed by atoms with Gasteiger partial charge in [-0.25, -0.2) is 0 Å². The Morgan fingerprint density at radius 1 is 0.575 bits per heavy atom. The molecule has 0 radical (unpaired) electrons. The molecule has 0 aliphatic rings. The molecule has 4 nitrogen and oxygen atoms in total. The molecule has 0 aliphatic heterocycles. The van der Waals surface area contributed by atoms with E-state index in [2.05, 4.69) is 62.5 Å². The van der Waals surface area contributed by atoms with Gasteiger partial charge in [-0.1, -0.05) is 120 Å². The quantitative estimate of drug-likeness (QED) is 0.0563. The lowest BCUT2D eigenvalue weighted by Crippen LogP contribution is -2.18. The Morgan fingerprint density at radius 3 is 1.62 bits per heavy atom. The third-order valence-corrected chi connectivity index (χ3v) is 7.07. The number of carboxylic acids is 1. The standard InChI is InChI=1S/C36H62O4/c1-3-5-7-9-10-11-12-13-14-15-16-17-18-19-20-21-22-23-29-33-36(39)40-34(30-26-8-6-4-2)31-27-24-25-28-32-35(37)38/h5,7,10-11,13-14,16-17,34H,3-4,6,8-9,12,15,18-33H2,1-2H3,(H,37,38)/b7-5-,11-10-,14-13-,17-16-. The maximum absolute atomic E-state index is 12.4. The molecule has 1 unspecified atom stereocenters. The number of allylic oxidation sites excluding steroid dienone is 8. The first kappa shape index (κ1) is 37.9. The molecule has 40 heavy (non-hydrogen) atoms. The van der Waals surface area contributed by atoms with Crippen LogP contribution in [0.1, 0.15) is 162 Å². The minimum absolute atomic E-state index is 0.0298. The smallest absolute Gasteiger partial charge is 0.306 e. The van der Waals surface area contributed by atoms with Gasteiger partial charge in [0.15, 0.2) is 0 Å². The highest BCUT2D eigenvalue weighted by molar-refractivity contribution is 5.69. The minimum atomic E-state index is -0.718. The number of hydrogen-bond acceptors (Lipinski definition) is 3. The van der Waals surface area contributed by atoms with Crippen LogP contribution < -0.4 is 0 Å². The Hall–Kier alpha value is -2.10. The molecule has 0 spiro atoms. The molecule has 1 atom stereocenters. The molecule has 230 valence electrons. The first-order valence-corrected chi connectivity index (χ1v) is 16.6. The van der Waals surface area contributed by atoms with E-state index in [0.29, 0.717) is 6.42 Å². The summed E-state index contributed by atoms with van der Waals surface area (Å²) >= 11 is 0. The maximum atomic E-state index is 12.4. The van der Waals surface area contributed by atoms with Gasteiger partial charge < -0.3 is 9.84 Å². The van der Waals surface area contributed by atoms with Crippen LogP contribution in [-0.2, 0) is 14.3 Å². The van der Waals surface area contributed by atoms with Gasteiger partial charge in [-0.3, -0.25) is 9.59 Å². The first-order valence-electron chi connectivity index (χ1n) is 16.6. The molecule has 0 saturated carbocycles. The number of carbonyl (C=O) groups excluding carboxylic acids is 1. The monoisotopic (exact) mass is 558 g/mol. The zero-order chi connectivity index (χ0) is 29.4. The summed E-state index contributed by atoms with van der Waals surface area (Å²) < 4.78 is 5.86. The molecule has 0 aliphatic carbocycles. The van der Waals surface area contributed by atoms with Gasteiger partial charge in [0.05, 0.1) is 0 Å². The second-order valence-corrected chi connectivity index (χ2v) is 11.0. The molecule has 0 aromatic heterocycles. The zero-order valence-electron chi connectivity index (χ0n) is 26.1. The molecular weight excluding hydrogens is 496 g/mol. The summed E-state index contributed by atoms with van der Waals surface area (Å²) in [7, 11) is 0. The van der Waals surface area contributed by atoms with E-state index in [1.807, 2.05) is 0 Å². The van der Waals surface area contributed by atoms with Crippen molar-refractivity contribution in [2.24, 2.45) is 0 Å². The summed E-state index contributed by atoms with van der Waals surface area (Å²) in [5, 5.41) is 8.76. The molecule has 1 N–H and O–H groups in total. The van der Waals surface area contributed by atoms with Crippen molar-refractivity contribution in [1.82, 2.24) is 0 Å². The number of rotatable bonds is 29. The summed E-state index contributed by atoms with van der Waals surface area (Å²) in [6.45, 7) is 4.37. The predicted molar refractivity (Wildman–Crippen MR) is 172 cm³/mol. The van der Waals surface area contributed by atoms with Gasteiger partial charge >= 0.3 is 11.9 Å². The predicted octanol–water partition coefficient (Wildman–Crippen LogP) is 11.2. The highest BCUT2D eigenvalue weighted by Crippen LogP contribution is 2.17. The zero-order valence-corrected chi connectivity index (χ0v) is 26.1. The second kappa shape index (κ2) is 31.4. The van der Waals surface area contributed by atoms with Crippen LogP contribution in [0.5, 0.6) is 0 Å². The average molecular weight is 559 g/mol. The van der Waals surface area contributed by atoms with Crippen molar-refractivity contribution >= 4 is 11.9 Å². The fourth-order valence-electron chi connectivity index (χ4n) is 4.64. The Labute approximate surface area is 247 Å². The van der Waals surface area contributed by atoms with Crippen LogP contribution in [0.15, 0.2) is 48.6 Å².